The number of aromatic amines is 1. The Bertz CT molecular complexity index is 1090. The van der Waals surface area contributed by atoms with E-state index >= 15 is 0 Å². The van der Waals surface area contributed by atoms with Gasteiger partial charge in [-0.25, -0.2) is 0 Å². The van der Waals surface area contributed by atoms with Gasteiger partial charge >= 0.3 is 12.4 Å². The quantitative estimate of drug-likeness (QED) is 0.309. The standard InChI is InChI=1S/C22H22F6N4S/c1-32(2)12-17(7-13-11-29-19-6-4-3-5-18(13)19)31-20(33)30-16-9-14(21(23,24)25)8-15(10-16)22(26,27)28/h3-6,8-11,17,29H,7,12H2,1-2H3,(H2,30,31,33)/t17-/m0/s1. The number of likely N-dealkylation sites (N-methyl/N-ethyl adjacent to an activating group) is 1. The maximum absolute atomic E-state index is 13.1. The summed E-state index contributed by atoms with van der Waals surface area (Å²) in [5.74, 6) is 0. The van der Waals surface area contributed by atoms with Gasteiger partial charge < -0.3 is 20.5 Å². The first kappa shape index (κ1) is 24.8. The Hall–Kier alpha value is -2.79. The van der Waals surface area contributed by atoms with Crippen molar-refractivity contribution in [2.45, 2.75) is 24.8 Å². The summed E-state index contributed by atoms with van der Waals surface area (Å²) in [6.45, 7) is 0.526. The summed E-state index contributed by atoms with van der Waals surface area (Å²) < 4.78 is 78.7. The molecule has 3 aromatic rings. The van der Waals surface area contributed by atoms with Gasteiger partial charge in [0.1, 0.15) is 0 Å². The Labute approximate surface area is 192 Å². The highest BCUT2D eigenvalue weighted by Gasteiger charge is 2.37. The van der Waals surface area contributed by atoms with E-state index in [1.807, 2.05) is 49.5 Å². The van der Waals surface area contributed by atoms with E-state index in [2.05, 4.69) is 15.6 Å². The van der Waals surface area contributed by atoms with E-state index in [-0.39, 0.29) is 17.2 Å². The molecular formula is C22H22F6N4S. The molecule has 0 aliphatic heterocycles. The summed E-state index contributed by atoms with van der Waals surface area (Å²) in [7, 11) is 3.70. The number of rotatable bonds is 6. The Kier molecular flexibility index (Phi) is 7.23. The predicted molar refractivity (Wildman–Crippen MR) is 120 cm³/mol. The number of hydrogen-bond acceptors (Lipinski definition) is 2. The van der Waals surface area contributed by atoms with Crippen molar-refractivity contribution in [1.29, 1.82) is 0 Å². The molecule has 3 rings (SSSR count). The molecule has 1 heterocycles. The zero-order valence-electron chi connectivity index (χ0n) is 17.7. The number of aromatic nitrogens is 1. The molecule has 0 fully saturated rings. The van der Waals surface area contributed by atoms with Crippen molar-refractivity contribution < 1.29 is 26.3 Å². The number of anilines is 1. The lowest BCUT2D eigenvalue weighted by atomic mass is 10.0. The fourth-order valence-corrected chi connectivity index (χ4v) is 3.83. The van der Waals surface area contributed by atoms with E-state index in [4.69, 9.17) is 12.2 Å². The molecule has 0 unspecified atom stereocenters. The molecule has 0 saturated heterocycles. The minimum absolute atomic E-state index is 0.0749. The lowest BCUT2D eigenvalue weighted by Gasteiger charge is -2.24. The maximum Gasteiger partial charge on any atom is 0.416 e. The molecule has 1 atom stereocenters. The SMILES string of the molecule is CN(C)C[C@H](Cc1c[nH]c2ccccc12)NC(=S)Nc1cc(C(F)(F)F)cc(C(F)(F)F)c1. The first-order valence-corrected chi connectivity index (χ1v) is 10.3. The smallest absolute Gasteiger partial charge is 0.361 e. The number of nitrogens with one attached hydrogen (secondary N) is 3. The molecule has 178 valence electrons. The Morgan fingerprint density at radius 3 is 2.18 bits per heavy atom. The van der Waals surface area contributed by atoms with Crippen LogP contribution in [0.25, 0.3) is 10.9 Å². The third-order valence-electron chi connectivity index (χ3n) is 4.91. The number of para-hydroxylation sites is 1. The number of benzene rings is 2. The highest BCUT2D eigenvalue weighted by atomic mass is 32.1. The van der Waals surface area contributed by atoms with Gasteiger partial charge in [0.15, 0.2) is 5.11 Å². The number of alkyl halides is 6. The maximum atomic E-state index is 13.1. The van der Waals surface area contributed by atoms with Crippen molar-refractivity contribution >= 4 is 33.9 Å². The van der Waals surface area contributed by atoms with Crippen LogP contribution in [-0.4, -0.2) is 41.7 Å². The molecule has 0 amide bonds. The van der Waals surface area contributed by atoms with Crippen molar-refractivity contribution in [2.75, 3.05) is 26.0 Å². The molecule has 11 heteroatoms. The first-order valence-electron chi connectivity index (χ1n) is 9.89. The van der Waals surface area contributed by atoms with E-state index in [0.29, 0.717) is 25.1 Å². The van der Waals surface area contributed by atoms with Crippen LogP contribution in [0.15, 0.2) is 48.7 Å². The van der Waals surface area contributed by atoms with Crippen LogP contribution in [0.3, 0.4) is 0 Å². The van der Waals surface area contributed by atoms with Crippen LogP contribution in [0, 0.1) is 0 Å². The van der Waals surface area contributed by atoms with Gasteiger partial charge in [-0.3, -0.25) is 0 Å². The first-order chi connectivity index (χ1) is 15.3. The molecule has 3 N–H and O–H groups in total. The van der Waals surface area contributed by atoms with Gasteiger partial charge in [0.05, 0.1) is 11.1 Å². The summed E-state index contributed by atoms with van der Waals surface area (Å²) in [6, 6.07) is 8.73. The van der Waals surface area contributed by atoms with Gasteiger partial charge in [0.2, 0.25) is 0 Å². The predicted octanol–water partition coefficient (Wildman–Crippen LogP) is 5.66. The van der Waals surface area contributed by atoms with Crippen molar-refractivity contribution in [3.05, 3.63) is 65.4 Å². The number of hydrogen-bond donors (Lipinski definition) is 3. The van der Waals surface area contributed by atoms with E-state index in [1.54, 1.807) is 0 Å². The number of fused-ring (bicyclic) bond motifs is 1. The second-order valence-electron chi connectivity index (χ2n) is 7.92. The number of thiocarbonyl (C=S) groups is 1. The van der Waals surface area contributed by atoms with Crippen molar-refractivity contribution in [3.63, 3.8) is 0 Å². The zero-order chi connectivity index (χ0) is 24.4. The van der Waals surface area contributed by atoms with Crippen molar-refractivity contribution in [3.8, 4) is 0 Å². The van der Waals surface area contributed by atoms with Crippen LogP contribution in [0.1, 0.15) is 16.7 Å². The van der Waals surface area contributed by atoms with Gasteiger partial charge in [-0.15, -0.1) is 0 Å². The molecule has 0 spiro atoms. The van der Waals surface area contributed by atoms with E-state index in [0.717, 1.165) is 16.5 Å². The fraction of sp³-hybridized carbons (Fsp3) is 0.318. The molecule has 0 bridgehead atoms. The second-order valence-corrected chi connectivity index (χ2v) is 8.32. The molecular weight excluding hydrogens is 466 g/mol. The summed E-state index contributed by atoms with van der Waals surface area (Å²) in [5, 5.41) is 6.45. The number of H-pyrrole nitrogens is 1. The summed E-state index contributed by atoms with van der Waals surface area (Å²) >= 11 is 5.22. The second kappa shape index (κ2) is 9.60. The zero-order valence-corrected chi connectivity index (χ0v) is 18.6. The van der Waals surface area contributed by atoms with Crippen LogP contribution < -0.4 is 10.6 Å². The van der Waals surface area contributed by atoms with Crippen molar-refractivity contribution in [1.82, 2.24) is 15.2 Å². The van der Waals surface area contributed by atoms with Crippen LogP contribution >= 0.6 is 12.2 Å². The summed E-state index contributed by atoms with van der Waals surface area (Å²) in [6.07, 6.45) is -7.47. The van der Waals surface area contributed by atoms with E-state index < -0.39 is 29.2 Å². The van der Waals surface area contributed by atoms with Crippen molar-refractivity contribution in [2.24, 2.45) is 0 Å². The average Bonchev–Trinajstić information content (AvgIpc) is 3.08. The third kappa shape index (κ3) is 6.61. The monoisotopic (exact) mass is 488 g/mol. The molecule has 4 nitrogen and oxygen atoms in total. The molecule has 0 aliphatic rings. The largest absolute Gasteiger partial charge is 0.416 e. The third-order valence-corrected chi connectivity index (χ3v) is 5.13. The average molecular weight is 489 g/mol. The van der Waals surface area contributed by atoms with Crippen LogP contribution in [0.5, 0.6) is 0 Å². The minimum Gasteiger partial charge on any atom is -0.361 e. The van der Waals surface area contributed by atoms with Gasteiger partial charge in [0.25, 0.3) is 0 Å². The number of nitrogens with zero attached hydrogens (tertiary/aromatic N) is 1. The lowest BCUT2D eigenvalue weighted by Crippen LogP contribution is -2.44. The number of halogens is 6. The molecule has 33 heavy (non-hydrogen) atoms. The molecule has 0 saturated carbocycles. The Morgan fingerprint density at radius 1 is 1.00 bits per heavy atom. The summed E-state index contributed by atoms with van der Waals surface area (Å²) in [4.78, 5) is 5.08. The lowest BCUT2D eigenvalue weighted by molar-refractivity contribution is -0.143. The van der Waals surface area contributed by atoms with Crippen LogP contribution in [-0.2, 0) is 18.8 Å². The van der Waals surface area contributed by atoms with E-state index in [1.165, 1.54) is 0 Å². The van der Waals surface area contributed by atoms with Gasteiger partial charge in [0, 0.05) is 35.4 Å². The van der Waals surface area contributed by atoms with Gasteiger partial charge in [-0.2, -0.15) is 26.3 Å². The molecule has 0 radical (unpaired) electrons. The highest BCUT2D eigenvalue weighted by Crippen LogP contribution is 2.37. The molecule has 1 aromatic heterocycles. The van der Waals surface area contributed by atoms with Crippen LogP contribution in [0.4, 0.5) is 32.0 Å². The minimum atomic E-state index is -4.93. The highest BCUT2D eigenvalue weighted by molar-refractivity contribution is 7.80. The molecule has 2 aromatic carbocycles. The normalized spacial score (nSPS) is 13.4. The van der Waals surface area contributed by atoms with Gasteiger partial charge in [-0.05, 0) is 62.6 Å². The summed E-state index contributed by atoms with van der Waals surface area (Å²) in [5.41, 5.74) is -1.26. The fourth-order valence-electron chi connectivity index (χ4n) is 3.55. The van der Waals surface area contributed by atoms with Gasteiger partial charge in [-0.1, -0.05) is 18.2 Å². The Morgan fingerprint density at radius 2 is 1.61 bits per heavy atom. The molecule has 0 aliphatic carbocycles. The topological polar surface area (TPSA) is 43.1 Å². The van der Waals surface area contributed by atoms with Crippen LogP contribution in [0.2, 0.25) is 0 Å². The Balaban J connectivity index is 1.80. The van der Waals surface area contributed by atoms with E-state index in [9.17, 15) is 26.3 Å².